The van der Waals surface area contributed by atoms with Crippen LogP contribution < -0.4 is 10.2 Å². The highest BCUT2D eigenvalue weighted by atomic mass is 16.3. The first-order valence-electron chi connectivity index (χ1n) is 8.63. The molecule has 3 aromatic rings. The summed E-state index contributed by atoms with van der Waals surface area (Å²) in [5, 5.41) is 23.3. The molecule has 3 N–H and O–H groups in total. The van der Waals surface area contributed by atoms with E-state index in [1.54, 1.807) is 24.3 Å². The summed E-state index contributed by atoms with van der Waals surface area (Å²) >= 11 is 0. The van der Waals surface area contributed by atoms with Crippen LogP contribution in [0, 0.1) is 0 Å². The lowest BCUT2D eigenvalue weighted by Crippen LogP contribution is -2.29. The first-order chi connectivity index (χ1) is 13.1. The number of aliphatic hydroxyl groups excluding tert-OH is 2. The normalized spacial score (nSPS) is 14.5. The molecule has 1 aliphatic heterocycles. The average Bonchev–Trinajstić information content (AvgIpc) is 2.95. The second-order valence-corrected chi connectivity index (χ2v) is 6.45. The number of hydrogen-bond donors (Lipinski definition) is 3. The highest BCUT2D eigenvalue weighted by Gasteiger charge is 2.36. The number of benzene rings is 3. The van der Waals surface area contributed by atoms with Crippen LogP contribution in [0.5, 0.6) is 0 Å². The molecule has 27 heavy (non-hydrogen) atoms. The van der Waals surface area contributed by atoms with Gasteiger partial charge in [-0.15, -0.1) is 0 Å². The maximum atomic E-state index is 12.9. The van der Waals surface area contributed by atoms with Crippen molar-refractivity contribution < 1.29 is 19.8 Å². The molecule has 136 valence electrons. The molecule has 0 fully saturated rings. The van der Waals surface area contributed by atoms with Crippen LogP contribution in [0.4, 0.5) is 11.4 Å². The van der Waals surface area contributed by atoms with Gasteiger partial charge in [0.25, 0.3) is 11.8 Å². The Morgan fingerprint density at radius 3 is 2.41 bits per heavy atom. The van der Waals surface area contributed by atoms with Crippen molar-refractivity contribution in [2.45, 2.75) is 6.10 Å². The Morgan fingerprint density at radius 1 is 0.889 bits per heavy atom. The van der Waals surface area contributed by atoms with Gasteiger partial charge in [-0.3, -0.25) is 9.59 Å². The van der Waals surface area contributed by atoms with Crippen molar-refractivity contribution in [3.05, 3.63) is 71.8 Å². The van der Waals surface area contributed by atoms with Crippen molar-refractivity contribution in [2.75, 3.05) is 23.4 Å². The van der Waals surface area contributed by atoms with Crippen molar-refractivity contribution in [3.63, 3.8) is 0 Å². The molecular formula is C21H18N2O4. The summed E-state index contributed by atoms with van der Waals surface area (Å²) in [5.74, 6) is -0.733. The van der Waals surface area contributed by atoms with E-state index in [0.717, 1.165) is 10.8 Å². The van der Waals surface area contributed by atoms with Gasteiger partial charge in [0.1, 0.15) is 0 Å². The number of imide groups is 1. The summed E-state index contributed by atoms with van der Waals surface area (Å²) < 4.78 is 0. The summed E-state index contributed by atoms with van der Waals surface area (Å²) in [6.07, 6.45) is -0.898. The number of nitrogens with zero attached hydrogens (tertiary/aromatic N) is 1. The largest absolute Gasteiger partial charge is 0.394 e. The molecule has 0 saturated heterocycles. The van der Waals surface area contributed by atoms with Crippen LogP contribution in [0.1, 0.15) is 20.7 Å². The number of fused-ring (bicyclic) bond motifs is 2. The zero-order valence-corrected chi connectivity index (χ0v) is 14.4. The van der Waals surface area contributed by atoms with E-state index in [2.05, 4.69) is 5.32 Å². The molecule has 0 aromatic heterocycles. The number of nitrogens with one attached hydrogen (secondary N) is 1. The van der Waals surface area contributed by atoms with Crippen molar-refractivity contribution in [2.24, 2.45) is 0 Å². The summed E-state index contributed by atoms with van der Waals surface area (Å²) in [6.45, 7) is -0.211. The molecule has 0 aliphatic carbocycles. The second kappa shape index (κ2) is 6.83. The molecule has 4 rings (SSSR count). The smallest absolute Gasteiger partial charge is 0.266 e. The molecule has 1 aliphatic rings. The van der Waals surface area contributed by atoms with E-state index in [1.165, 1.54) is 4.90 Å². The average molecular weight is 362 g/mol. The summed E-state index contributed by atoms with van der Waals surface area (Å²) in [4.78, 5) is 26.8. The fourth-order valence-electron chi connectivity index (χ4n) is 3.20. The summed E-state index contributed by atoms with van der Waals surface area (Å²) in [7, 11) is 0. The third-order valence-corrected chi connectivity index (χ3v) is 4.63. The molecule has 2 amide bonds. The molecular weight excluding hydrogens is 344 g/mol. The molecule has 1 unspecified atom stereocenters. The Balaban J connectivity index is 1.65. The minimum absolute atomic E-state index is 0.145. The van der Waals surface area contributed by atoms with Gasteiger partial charge in [0.2, 0.25) is 0 Å². The minimum atomic E-state index is -0.898. The third kappa shape index (κ3) is 3.05. The van der Waals surface area contributed by atoms with Gasteiger partial charge in [-0.05, 0) is 41.1 Å². The Labute approximate surface area is 155 Å². The lowest BCUT2D eigenvalue weighted by molar-refractivity contribution is 0.0926. The lowest BCUT2D eigenvalue weighted by atomic mass is 10.1. The maximum Gasteiger partial charge on any atom is 0.266 e. The highest BCUT2D eigenvalue weighted by Crippen LogP contribution is 2.31. The molecule has 0 radical (unpaired) electrons. The molecule has 3 aromatic carbocycles. The number of amides is 2. The van der Waals surface area contributed by atoms with Gasteiger partial charge in [-0.2, -0.15) is 0 Å². The number of anilines is 2. The van der Waals surface area contributed by atoms with Gasteiger partial charge in [0.05, 0.1) is 29.5 Å². The Morgan fingerprint density at radius 2 is 1.63 bits per heavy atom. The molecule has 0 saturated carbocycles. The molecule has 1 heterocycles. The van der Waals surface area contributed by atoms with Gasteiger partial charge >= 0.3 is 0 Å². The molecule has 1 atom stereocenters. The van der Waals surface area contributed by atoms with E-state index < -0.39 is 6.10 Å². The predicted molar refractivity (Wildman–Crippen MR) is 103 cm³/mol. The zero-order chi connectivity index (χ0) is 19.0. The fourth-order valence-corrected chi connectivity index (χ4v) is 3.20. The van der Waals surface area contributed by atoms with E-state index >= 15 is 0 Å². The van der Waals surface area contributed by atoms with Crippen LogP contribution in [0.2, 0.25) is 0 Å². The van der Waals surface area contributed by atoms with Crippen LogP contribution in [-0.4, -0.2) is 41.3 Å². The molecule has 0 bridgehead atoms. The fraction of sp³-hybridized carbons (Fsp3) is 0.143. The first-order valence-corrected chi connectivity index (χ1v) is 8.63. The van der Waals surface area contributed by atoms with Gasteiger partial charge in [-0.25, -0.2) is 4.90 Å². The number of aliphatic hydroxyl groups is 2. The van der Waals surface area contributed by atoms with Crippen LogP contribution in [0.3, 0.4) is 0 Å². The van der Waals surface area contributed by atoms with Crippen LogP contribution >= 0.6 is 0 Å². The number of carbonyl (C=O) groups excluding carboxylic acids is 2. The molecule has 6 nitrogen and oxygen atoms in total. The summed E-state index contributed by atoms with van der Waals surface area (Å²) in [5.41, 5.74) is 1.80. The maximum absolute atomic E-state index is 12.9. The number of carbonyl (C=O) groups is 2. The second-order valence-electron chi connectivity index (χ2n) is 6.45. The van der Waals surface area contributed by atoms with Crippen molar-refractivity contribution >= 4 is 34.0 Å². The standard InChI is InChI=1S/C21H18N2O4/c24-12-17(25)11-22-15-6-8-18-19(10-15)21(27)23(20(18)26)16-7-5-13-3-1-2-4-14(13)9-16/h1-10,17,22,24-25H,11-12H2. The highest BCUT2D eigenvalue weighted by molar-refractivity contribution is 6.34. The third-order valence-electron chi connectivity index (χ3n) is 4.63. The lowest BCUT2D eigenvalue weighted by Gasteiger charge is -2.14. The van der Waals surface area contributed by atoms with Crippen molar-refractivity contribution in [1.82, 2.24) is 0 Å². The van der Waals surface area contributed by atoms with Crippen molar-refractivity contribution in [3.8, 4) is 0 Å². The van der Waals surface area contributed by atoms with E-state index in [1.807, 2.05) is 36.4 Å². The zero-order valence-electron chi connectivity index (χ0n) is 14.4. The quantitative estimate of drug-likeness (QED) is 0.607. The van der Waals surface area contributed by atoms with Gasteiger partial charge < -0.3 is 15.5 Å². The number of rotatable bonds is 5. The molecule has 0 spiro atoms. The monoisotopic (exact) mass is 362 g/mol. The Bertz CT molecular complexity index is 1050. The SMILES string of the molecule is O=C1c2ccc(NCC(O)CO)cc2C(=O)N1c1ccc2ccccc2c1. The minimum Gasteiger partial charge on any atom is -0.394 e. The Hall–Kier alpha value is -3.22. The van der Waals surface area contributed by atoms with Crippen LogP contribution in [-0.2, 0) is 0 Å². The van der Waals surface area contributed by atoms with E-state index in [9.17, 15) is 14.7 Å². The van der Waals surface area contributed by atoms with Gasteiger partial charge in [0, 0.05) is 12.2 Å². The van der Waals surface area contributed by atoms with Gasteiger partial charge in [-0.1, -0.05) is 30.3 Å². The van der Waals surface area contributed by atoms with E-state index in [0.29, 0.717) is 22.5 Å². The van der Waals surface area contributed by atoms with Crippen LogP contribution in [0.25, 0.3) is 10.8 Å². The van der Waals surface area contributed by atoms with Crippen LogP contribution in [0.15, 0.2) is 60.7 Å². The molecule has 6 heteroatoms. The van der Waals surface area contributed by atoms with E-state index in [4.69, 9.17) is 5.11 Å². The first kappa shape index (κ1) is 17.2. The Kier molecular flexibility index (Phi) is 4.35. The van der Waals surface area contributed by atoms with E-state index in [-0.39, 0.29) is 25.0 Å². The number of hydrogen-bond acceptors (Lipinski definition) is 5. The topological polar surface area (TPSA) is 89.9 Å². The summed E-state index contributed by atoms with van der Waals surface area (Å²) in [6, 6.07) is 18.1. The predicted octanol–water partition coefficient (Wildman–Crippen LogP) is 2.41. The van der Waals surface area contributed by atoms with Crippen molar-refractivity contribution in [1.29, 1.82) is 0 Å². The van der Waals surface area contributed by atoms with Gasteiger partial charge in [0.15, 0.2) is 0 Å².